The first kappa shape index (κ1) is 27.3. The van der Waals surface area contributed by atoms with E-state index in [2.05, 4.69) is 10.3 Å². The number of aromatic nitrogens is 1. The summed E-state index contributed by atoms with van der Waals surface area (Å²) in [6.45, 7) is 0.217. The fourth-order valence-electron chi connectivity index (χ4n) is 6.41. The normalized spacial score (nSPS) is 17.4. The SMILES string of the molecule is COc1ccc([C@@H]2c3[nH]c4ccccc4c3C[C@H]3C(=O)N(c4ccccc4C(=O)NCc4ccccc4OC)C(=O)N23)cc1. The van der Waals surface area contributed by atoms with Crippen LogP contribution < -0.4 is 19.7 Å². The van der Waals surface area contributed by atoms with E-state index < -0.39 is 24.0 Å². The molecule has 2 N–H and O–H groups in total. The first-order valence-electron chi connectivity index (χ1n) is 14.4. The van der Waals surface area contributed by atoms with Crippen LogP contribution in [0.2, 0.25) is 0 Å². The van der Waals surface area contributed by atoms with Crippen molar-refractivity contribution in [2.45, 2.75) is 25.0 Å². The Morgan fingerprint density at radius 2 is 1.61 bits per heavy atom. The molecule has 0 unspecified atom stereocenters. The zero-order chi connectivity index (χ0) is 30.4. The van der Waals surface area contributed by atoms with Crippen LogP contribution in [0.4, 0.5) is 10.5 Å². The average molecular weight is 587 g/mol. The van der Waals surface area contributed by atoms with Crippen molar-refractivity contribution in [2.75, 3.05) is 19.1 Å². The highest BCUT2D eigenvalue weighted by atomic mass is 16.5. The van der Waals surface area contributed by atoms with Crippen molar-refractivity contribution in [2.24, 2.45) is 0 Å². The Balaban J connectivity index is 1.27. The smallest absolute Gasteiger partial charge is 0.332 e. The molecule has 1 fully saturated rings. The van der Waals surface area contributed by atoms with E-state index in [0.717, 1.165) is 38.2 Å². The minimum Gasteiger partial charge on any atom is -0.497 e. The Kier molecular flexibility index (Phi) is 6.77. The van der Waals surface area contributed by atoms with Gasteiger partial charge >= 0.3 is 6.03 Å². The van der Waals surface area contributed by atoms with Crippen LogP contribution >= 0.6 is 0 Å². The summed E-state index contributed by atoms with van der Waals surface area (Å²) in [6, 6.07) is 27.9. The van der Waals surface area contributed by atoms with Gasteiger partial charge in [-0.25, -0.2) is 9.69 Å². The highest BCUT2D eigenvalue weighted by Crippen LogP contribution is 2.45. The standard InChI is InChI=1S/C35H30N4O5/c1-43-23-17-15-21(16-18-23)32-31-26(24-10-4-6-12-27(24)37-31)19-29-34(41)39(35(42)38(29)32)28-13-7-5-11-25(28)33(40)36-20-22-9-3-8-14-30(22)44-2/h3-18,29,32,37H,19-20H2,1-2H3,(H,36,40)/t29-,32+/m0/s1. The molecule has 0 radical (unpaired) electrons. The van der Waals surface area contributed by atoms with Gasteiger partial charge in [-0.2, -0.15) is 0 Å². The van der Waals surface area contributed by atoms with E-state index in [4.69, 9.17) is 9.47 Å². The molecular weight excluding hydrogens is 556 g/mol. The van der Waals surface area contributed by atoms with E-state index in [1.165, 1.54) is 0 Å². The number of carbonyl (C=O) groups excluding carboxylic acids is 3. The molecule has 7 rings (SSSR count). The van der Waals surface area contributed by atoms with Gasteiger partial charge in [-0.15, -0.1) is 0 Å². The summed E-state index contributed by atoms with van der Waals surface area (Å²) in [6.07, 6.45) is 0.356. The number of para-hydroxylation sites is 3. The van der Waals surface area contributed by atoms with E-state index in [1.54, 1.807) is 43.4 Å². The second-order valence-corrected chi connectivity index (χ2v) is 10.8. The molecule has 1 saturated heterocycles. The van der Waals surface area contributed by atoms with Crippen LogP contribution in [0.25, 0.3) is 10.9 Å². The summed E-state index contributed by atoms with van der Waals surface area (Å²) in [7, 11) is 3.18. The first-order chi connectivity index (χ1) is 21.5. The van der Waals surface area contributed by atoms with Crippen molar-refractivity contribution in [3.8, 4) is 11.5 Å². The Hall–Kier alpha value is -5.57. The molecule has 0 aliphatic carbocycles. The van der Waals surface area contributed by atoms with Gasteiger partial charge in [-0.05, 0) is 47.5 Å². The maximum absolute atomic E-state index is 14.4. The highest BCUT2D eigenvalue weighted by Gasteiger charge is 2.53. The number of H-pyrrole nitrogens is 1. The zero-order valence-corrected chi connectivity index (χ0v) is 24.2. The lowest BCUT2D eigenvalue weighted by molar-refractivity contribution is -0.120. The van der Waals surface area contributed by atoms with Crippen LogP contribution in [0, 0.1) is 0 Å². The Bertz CT molecular complexity index is 1910. The number of fused-ring (bicyclic) bond motifs is 4. The number of nitrogens with zero attached hydrogens (tertiary/aromatic N) is 2. The molecule has 4 amide bonds. The minimum atomic E-state index is -0.744. The van der Waals surface area contributed by atoms with Crippen LogP contribution in [-0.4, -0.2) is 48.0 Å². The topological polar surface area (TPSA) is 104 Å². The van der Waals surface area contributed by atoms with Crippen molar-refractivity contribution in [3.05, 3.63) is 125 Å². The second kappa shape index (κ2) is 10.9. The number of imide groups is 1. The molecule has 3 heterocycles. The average Bonchev–Trinajstić information content (AvgIpc) is 3.56. The van der Waals surface area contributed by atoms with Gasteiger partial charge in [-0.1, -0.05) is 60.7 Å². The number of urea groups is 1. The summed E-state index contributed by atoms with van der Waals surface area (Å²) < 4.78 is 10.8. The lowest BCUT2D eigenvalue weighted by Crippen LogP contribution is -2.44. The number of ether oxygens (including phenoxy) is 2. The number of anilines is 1. The summed E-state index contributed by atoms with van der Waals surface area (Å²) >= 11 is 0. The third-order valence-corrected chi connectivity index (χ3v) is 8.50. The van der Waals surface area contributed by atoms with Crippen LogP contribution in [-0.2, 0) is 17.8 Å². The van der Waals surface area contributed by atoms with Gasteiger partial charge < -0.3 is 19.8 Å². The van der Waals surface area contributed by atoms with Gasteiger partial charge in [0.2, 0.25) is 0 Å². The molecule has 0 bridgehead atoms. The molecule has 4 aromatic carbocycles. The van der Waals surface area contributed by atoms with Crippen LogP contribution in [0.1, 0.15) is 38.8 Å². The number of hydrogen-bond donors (Lipinski definition) is 2. The largest absolute Gasteiger partial charge is 0.497 e. The lowest BCUT2D eigenvalue weighted by atomic mass is 9.89. The Morgan fingerprint density at radius 3 is 2.41 bits per heavy atom. The van der Waals surface area contributed by atoms with Gasteiger partial charge in [-0.3, -0.25) is 14.5 Å². The van der Waals surface area contributed by atoms with Crippen LogP contribution in [0.3, 0.4) is 0 Å². The van der Waals surface area contributed by atoms with Crippen molar-refractivity contribution < 1.29 is 23.9 Å². The van der Waals surface area contributed by atoms with Gasteiger partial charge in [0.25, 0.3) is 11.8 Å². The summed E-state index contributed by atoms with van der Waals surface area (Å²) in [5.74, 6) is 0.578. The molecule has 2 aliphatic rings. The Labute approximate surface area is 254 Å². The predicted octanol–water partition coefficient (Wildman–Crippen LogP) is 5.60. The van der Waals surface area contributed by atoms with E-state index in [0.29, 0.717) is 17.9 Å². The molecule has 1 aromatic heterocycles. The Morgan fingerprint density at radius 1 is 0.886 bits per heavy atom. The fraction of sp³-hybridized carbons (Fsp3) is 0.171. The molecule has 9 nitrogen and oxygen atoms in total. The van der Waals surface area contributed by atoms with Crippen molar-refractivity contribution in [3.63, 3.8) is 0 Å². The van der Waals surface area contributed by atoms with Crippen LogP contribution in [0.15, 0.2) is 97.1 Å². The zero-order valence-electron chi connectivity index (χ0n) is 24.2. The molecule has 0 spiro atoms. The van der Waals surface area contributed by atoms with Crippen molar-refractivity contribution in [1.82, 2.24) is 15.2 Å². The molecule has 5 aromatic rings. The van der Waals surface area contributed by atoms with Crippen LogP contribution in [0.5, 0.6) is 11.5 Å². The summed E-state index contributed by atoms with van der Waals surface area (Å²) in [5, 5.41) is 3.95. The lowest BCUT2D eigenvalue weighted by Gasteiger charge is -2.36. The fourth-order valence-corrected chi connectivity index (χ4v) is 6.41. The number of nitrogens with one attached hydrogen (secondary N) is 2. The van der Waals surface area contributed by atoms with Gasteiger partial charge in [0.05, 0.1) is 25.5 Å². The highest BCUT2D eigenvalue weighted by molar-refractivity contribution is 6.24. The first-order valence-corrected chi connectivity index (χ1v) is 14.4. The molecule has 0 saturated carbocycles. The minimum absolute atomic E-state index is 0.217. The number of carbonyl (C=O) groups is 3. The third kappa shape index (κ3) is 4.36. The number of aromatic amines is 1. The monoisotopic (exact) mass is 586 g/mol. The summed E-state index contributed by atoms with van der Waals surface area (Å²) in [5.41, 5.74) is 4.96. The predicted molar refractivity (Wildman–Crippen MR) is 166 cm³/mol. The number of amides is 4. The molecule has 2 atom stereocenters. The molecule has 44 heavy (non-hydrogen) atoms. The molecule has 220 valence electrons. The number of hydrogen-bond acceptors (Lipinski definition) is 5. The van der Waals surface area contributed by atoms with E-state index >= 15 is 0 Å². The molecule has 2 aliphatic heterocycles. The number of benzene rings is 4. The van der Waals surface area contributed by atoms with E-state index in [9.17, 15) is 14.4 Å². The van der Waals surface area contributed by atoms with Crippen molar-refractivity contribution >= 4 is 34.4 Å². The second-order valence-electron chi connectivity index (χ2n) is 10.8. The van der Waals surface area contributed by atoms with E-state index in [1.807, 2.05) is 72.8 Å². The van der Waals surface area contributed by atoms with Crippen molar-refractivity contribution in [1.29, 1.82) is 0 Å². The molecule has 9 heteroatoms. The van der Waals surface area contributed by atoms with E-state index in [-0.39, 0.29) is 23.7 Å². The maximum atomic E-state index is 14.4. The molecular formula is C35H30N4O5. The number of rotatable bonds is 7. The van der Waals surface area contributed by atoms with Gasteiger partial charge in [0, 0.05) is 35.1 Å². The van der Waals surface area contributed by atoms with Gasteiger partial charge in [0.1, 0.15) is 23.6 Å². The number of methoxy groups -OCH3 is 2. The quantitative estimate of drug-likeness (QED) is 0.242. The maximum Gasteiger partial charge on any atom is 0.332 e. The summed E-state index contributed by atoms with van der Waals surface area (Å²) in [4.78, 5) is 48.4. The van der Waals surface area contributed by atoms with Gasteiger partial charge in [0.15, 0.2) is 0 Å². The third-order valence-electron chi connectivity index (χ3n) is 8.50.